The number of ether oxygens (including phenoxy) is 2. The third kappa shape index (κ3) is 5.87. The van der Waals surface area contributed by atoms with Crippen molar-refractivity contribution < 1.29 is 19.4 Å². The zero-order valence-electron chi connectivity index (χ0n) is 23.4. The standard InChI is InChI=1S/C31H41N5O4/c1-21-18-25(13-17-39-21)36-28-23(19-33-36)6-4-9-27(28)29(31(37)38)35-15-12-26(20-35)40-16-3-2-8-24-11-10-22-7-5-14-32-30(22)34-24/h4,6,9-11,19,21,25-26,29H,2-3,5,7-8,12-18,20H2,1H3,(H,32,34)(H,37,38)/t21?,25?,26-,29?/m1/s1. The SMILES string of the molecule is CC1CC(n2ncc3cccc(C(C(=O)O)N4CC[C@@H](OCCCCc5ccc6c(n5)NCCC6)C4)c32)CCO1. The van der Waals surface area contributed by atoms with Crippen molar-refractivity contribution in [2.45, 2.75) is 82.6 Å². The molecule has 3 unspecified atom stereocenters. The number of nitrogens with zero attached hydrogens (tertiary/aromatic N) is 4. The molecule has 2 N–H and O–H groups in total. The monoisotopic (exact) mass is 547 g/mol. The average molecular weight is 548 g/mol. The van der Waals surface area contributed by atoms with Gasteiger partial charge in [0.25, 0.3) is 0 Å². The number of unbranched alkanes of at least 4 members (excludes halogenated alkanes) is 1. The first kappa shape index (κ1) is 27.2. The molecule has 1 aromatic carbocycles. The van der Waals surface area contributed by atoms with Crippen molar-refractivity contribution in [3.8, 4) is 0 Å². The highest BCUT2D eigenvalue weighted by molar-refractivity contribution is 5.88. The van der Waals surface area contributed by atoms with Gasteiger partial charge in [0, 0.05) is 49.5 Å². The van der Waals surface area contributed by atoms with Crippen molar-refractivity contribution in [1.82, 2.24) is 19.7 Å². The van der Waals surface area contributed by atoms with Gasteiger partial charge in [0.1, 0.15) is 11.9 Å². The third-order valence-corrected chi connectivity index (χ3v) is 8.65. The molecule has 4 atom stereocenters. The minimum atomic E-state index is -0.826. The van der Waals surface area contributed by atoms with Crippen molar-refractivity contribution >= 4 is 22.7 Å². The molecule has 3 aromatic rings. The van der Waals surface area contributed by atoms with Crippen LogP contribution in [0.2, 0.25) is 0 Å². The molecule has 0 saturated carbocycles. The van der Waals surface area contributed by atoms with Crippen LogP contribution in [0.3, 0.4) is 0 Å². The van der Waals surface area contributed by atoms with Gasteiger partial charge in [-0.2, -0.15) is 5.10 Å². The summed E-state index contributed by atoms with van der Waals surface area (Å²) in [6.45, 7) is 5.80. The summed E-state index contributed by atoms with van der Waals surface area (Å²) < 4.78 is 14.0. The normalized spacial score (nSPS) is 24.1. The van der Waals surface area contributed by atoms with E-state index in [4.69, 9.17) is 19.6 Å². The summed E-state index contributed by atoms with van der Waals surface area (Å²) in [5, 5.41) is 19.5. The molecule has 214 valence electrons. The molecule has 2 aromatic heterocycles. The Morgan fingerprint density at radius 2 is 2.17 bits per heavy atom. The molecule has 0 radical (unpaired) electrons. The number of hydrogen-bond donors (Lipinski definition) is 2. The molecule has 9 heteroatoms. The van der Waals surface area contributed by atoms with E-state index in [9.17, 15) is 9.90 Å². The van der Waals surface area contributed by atoms with Crippen LogP contribution in [0.25, 0.3) is 10.9 Å². The Hall–Kier alpha value is -3.01. The van der Waals surface area contributed by atoms with Gasteiger partial charge in [-0.15, -0.1) is 0 Å². The third-order valence-electron chi connectivity index (χ3n) is 8.65. The van der Waals surface area contributed by atoms with Crippen molar-refractivity contribution in [3.05, 3.63) is 53.3 Å². The minimum Gasteiger partial charge on any atom is -0.480 e. The van der Waals surface area contributed by atoms with Crippen LogP contribution < -0.4 is 5.32 Å². The fourth-order valence-corrected chi connectivity index (χ4v) is 6.60. The zero-order chi connectivity index (χ0) is 27.5. The zero-order valence-corrected chi connectivity index (χ0v) is 23.4. The predicted octanol–water partition coefficient (Wildman–Crippen LogP) is 4.77. The number of anilines is 1. The maximum absolute atomic E-state index is 12.7. The van der Waals surface area contributed by atoms with Crippen molar-refractivity contribution in [2.24, 2.45) is 0 Å². The van der Waals surface area contributed by atoms with Crippen LogP contribution >= 0.6 is 0 Å². The number of aromatic nitrogens is 3. The van der Waals surface area contributed by atoms with E-state index in [1.54, 1.807) is 0 Å². The Balaban J connectivity index is 1.06. The van der Waals surface area contributed by atoms with E-state index in [1.807, 2.05) is 24.4 Å². The topological polar surface area (TPSA) is 102 Å². The van der Waals surface area contributed by atoms with Gasteiger partial charge in [0.2, 0.25) is 0 Å². The van der Waals surface area contributed by atoms with Crippen LogP contribution in [0.15, 0.2) is 36.5 Å². The van der Waals surface area contributed by atoms with Crippen LogP contribution in [0, 0.1) is 0 Å². The van der Waals surface area contributed by atoms with Gasteiger partial charge < -0.3 is 19.9 Å². The number of para-hydroxylation sites is 1. The van der Waals surface area contributed by atoms with E-state index in [0.29, 0.717) is 26.3 Å². The van der Waals surface area contributed by atoms with Crippen molar-refractivity contribution in [2.75, 3.05) is 38.2 Å². The van der Waals surface area contributed by atoms with Crippen molar-refractivity contribution in [3.63, 3.8) is 0 Å². The highest BCUT2D eigenvalue weighted by Crippen LogP contribution is 2.35. The number of rotatable bonds is 10. The fourth-order valence-electron chi connectivity index (χ4n) is 6.60. The van der Waals surface area contributed by atoms with Gasteiger partial charge in [0.15, 0.2) is 0 Å². The molecule has 40 heavy (non-hydrogen) atoms. The second-order valence-corrected chi connectivity index (χ2v) is 11.5. The predicted molar refractivity (Wildman–Crippen MR) is 154 cm³/mol. The van der Waals surface area contributed by atoms with E-state index in [0.717, 1.165) is 79.5 Å². The molecule has 0 aliphatic carbocycles. The van der Waals surface area contributed by atoms with Crippen LogP contribution in [0.5, 0.6) is 0 Å². The van der Waals surface area contributed by atoms with Crippen LogP contribution in [-0.2, 0) is 27.1 Å². The Morgan fingerprint density at radius 1 is 1.25 bits per heavy atom. The summed E-state index contributed by atoms with van der Waals surface area (Å²) in [6, 6.07) is 9.78. The number of carboxylic acid groups (broad SMARTS) is 1. The second kappa shape index (κ2) is 12.2. The molecule has 0 amide bonds. The summed E-state index contributed by atoms with van der Waals surface area (Å²) >= 11 is 0. The summed E-state index contributed by atoms with van der Waals surface area (Å²) in [7, 11) is 0. The first-order valence-electron chi connectivity index (χ1n) is 15.0. The first-order chi connectivity index (χ1) is 19.6. The highest BCUT2D eigenvalue weighted by Gasteiger charge is 2.36. The van der Waals surface area contributed by atoms with Crippen LogP contribution in [-0.4, -0.2) is 75.8 Å². The molecule has 5 heterocycles. The summed E-state index contributed by atoms with van der Waals surface area (Å²) in [5.41, 5.74) is 4.20. The maximum Gasteiger partial charge on any atom is 0.325 e. The minimum absolute atomic E-state index is 0.0494. The van der Waals surface area contributed by atoms with Gasteiger partial charge in [-0.3, -0.25) is 14.4 Å². The number of nitrogens with one attached hydrogen (secondary N) is 1. The molecule has 3 aliphatic heterocycles. The number of likely N-dealkylation sites (tertiary alicyclic amines) is 1. The number of pyridine rings is 1. The van der Waals surface area contributed by atoms with Gasteiger partial charge in [-0.25, -0.2) is 4.98 Å². The lowest BCUT2D eigenvalue weighted by Crippen LogP contribution is -2.34. The lowest BCUT2D eigenvalue weighted by molar-refractivity contribution is -0.143. The van der Waals surface area contributed by atoms with Crippen LogP contribution in [0.1, 0.15) is 74.4 Å². The lowest BCUT2D eigenvalue weighted by Gasteiger charge is -2.30. The first-order valence-corrected chi connectivity index (χ1v) is 15.0. The van der Waals surface area contributed by atoms with Gasteiger partial charge in [0.05, 0.1) is 30.0 Å². The molecule has 0 spiro atoms. The number of carbonyl (C=O) groups is 1. The van der Waals surface area contributed by atoms with E-state index in [-0.39, 0.29) is 18.2 Å². The second-order valence-electron chi connectivity index (χ2n) is 11.5. The Morgan fingerprint density at radius 3 is 3.05 bits per heavy atom. The fraction of sp³-hybridized carbons (Fsp3) is 0.581. The lowest BCUT2D eigenvalue weighted by atomic mass is 10.0. The average Bonchev–Trinajstić information content (AvgIpc) is 3.61. The van der Waals surface area contributed by atoms with Gasteiger partial charge in [-0.05, 0) is 69.9 Å². The maximum atomic E-state index is 12.7. The molecular weight excluding hydrogens is 506 g/mol. The van der Waals surface area contributed by atoms with Gasteiger partial charge in [-0.1, -0.05) is 24.3 Å². The number of aryl methyl sites for hydroxylation is 2. The van der Waals surface area contributed by atoms with E-state index in [1.165, 1.54) is 12.0 Å². The van der Waals surface area contributed by atoms with E-state index >= 15 is 0 Å². The Labute approximate surface area is 235 Å². The Bertz CT molecular complexity index is 1330. The highest BCUT2D eigenvalue weighted by atomic mass is 16.5. The number of aliphatic carboxylic acids is 1. The summed E-state index contributed by atoms with van der Waals surface area (Å²) in [4.78, 5) is 19.5. The molecule has 0 bridgehead atoms. The molecule has 9 nitrogen and oxygen atoms in total. The number of fused-ring (bicyclic) bond motifs is 2. The number of hydrogen-bond acceptors (Lipinski definition) is 7. The van der Waals surface area contributed by atoms with E-state index in [2.05, 4.69) is 34.0 Å². The molecule has 2 fully saturated rings. The number of benzene rings is 1. The molecule has 3 aliphatic rings. The molecule has 2 saturated heterocycles. The summed E-state index contributed by atoms with van der Waals surface area (Å²) in [6.07, 6.45) is 9.90. The number of carboxylic acids is 1. The molecule has 6 rings (SSSR count). The quantitative estimate of drug-likeness (QED) is 0.350. The smallest absolute Gasteiger partial charge is 0.325 e. The summed E-state index contributed by atoms with van der Waals surface area (Å²) in [5.74, 6) is 0.230. The Kier molecular flexibility index (Phi) is 8.32. The van der Waals surface area contributed by atoms with Crippen molar-refractivity contribution in [1.29, 1.82) is 0 Å². The van der Waals surface area contributed by atoms with Crippen LogP contribution in [0.4, 0.5) is 5.82 Å². The van der Waals surface area contributed by atoms with E-state index < -0.39 is 12.0 Å². The molecular formula is C31H41N5O4. The van der Waals surface area contributed by atoms with Gasteiger partial charge >= 0.3 is 5.97 Å². The largest absolute Gasteiger partial charge is 0.480 e.